The zero-order chi connectivity index (χ0) is 18.7. The van der Waals surface area contributed by atoms with Gasteiger partial charge in [0, 0.05) is 11.4 Å². The maximum Gasteiger partial charge on any atom is 0.229 e. The summed E-state index contributed by atoms with van der Waals surface area (Å²) in [5.41, 5.74) is 5.06. The van der Waals surface area contributed by atoms with E-state index in [2.05, 4.69) is 38.5 Å². The van der Waals surface area contributed by atoms with Gasteiger partial charge < -0.3 is 5.32 Å². The lowest BCUT2D eigenvalue weighted by molar-refractivity contribution is -0.119. The molecule has 1 atom stereocenters. The predicted octanol–water partition coefficient (Wildman–Crippen LogP) is 5.20. The van der Waals surface area contributed by atoms with Crippen LogP contribution in [0.4, 0.5) is 5.69 Å². The molecule has 0 aliphatic carbocycles. The quantitative estimate of drug-likeness (QED) is 0.626. The largest absolute Gasteiger partial charge is 0.326 e. The molecule has 2 aromatic carbocycles. The summed E-state index contributed by atoms with van der Waals surface area (Å²) in [6.07, 6.45) is 0. The number of nitrogens with one attached hydrogen (secondary N) is 1. The third-order valence-corrected chi connectivity index (χ3v) is 5.59. The Morgan fingerprint density at radius 3 is 2.27 bits per heavy atom. The van der Waals surface area contributed by atoms with Gasteiger partial charge in [-0.25, -0.2) is 0 Å². The van der Waals surface area contributed by atoms with Gasteiger partial charge in [0.25, 0.3) is 0 Å². The van der Waals surface area contributed by atoms with Crippen LogP contribution in [-0.2, 0) is 11.3 Å². The van der Waals surface area contributed by atoms with E-state index in [-0.39, 0.29) is 11.8 Å². The van der Waals surface area contributed by atoms with Gasteiger partial charge >= 0.3 is 0 Å². The number of hydrogen-bond acceptors (Lipinski definition) is 2. The molecule has 0 aliphatic heterocycles. The van der Waals surface area contributed by atoms with E-state index < -0.39 is 0 Å². The van der Waals surface area contributed by atoms with Crippen LogP contribution in [0.25, 0.3) is 11.1 Å². The number of aromatic nitrogens is 2. The normalized spacial score (nSPS) is 12.0. The van der Waals surface area contributed by atoms with Crippen molar-refractivity contribution in [3.05, 3.63) is 70.5 Å². The highest BCUT2D eigenvalue weighted by atomic mass is 79.9. The molecule has 5 heteroatoms. The summed E-state index contributed by atoms with van der Waals surface area (Å²) in [7, 11) is 0. The van der Waals surface area contributed by atoms with Gasteiger partial charge in [0.05, 0.1) is 22.6 Å². The van der Waals surface area contributed by atoms with Crippen molar-refractivity contribution >= 4 is 27.5 Å². The molecule has 1 unspecified atom stereocenters. The first kappa shape index (κ1) is 18.4. The lowest BCUT2D eigenvalue weighted by atomic mass is 10.1. The minimum atomic E-state index is -0.186. The molecule has 0 fully saturated rings. The Balaban J connectivity index is 1.64. The van der Waals surface area contributed by atoms with Crippen molar-refractivity contribution in [2.75, 3.05) is 5.32 Å². The summed E-state index contributed by atoms with van der Waals surface area (Å²) in [5.74, 6) is -0.199. The van der Waals surface area contributed by atoms with Crippen LogP contribution in [0.3, 0.4) is 0 Å². The number of aryl methyl sites for hydroxylation is 1. The van der Waals surface area contributed by atoms with E-state index >= 15 is 0 Å². The first-order valence-electron chi connectivity index (χ1n) is 8.61. The number of rotatable bonds is 5. The highest BCUT2D eigenvalue weighted by molar-refractivity contribution is 9.10. The molecule has 1 N–H and O–H groups in total. The fourth-order valence-electron chi connectivity index (χ4n) is 2.84. The van der Waals surface area contributed by atoms with E-state index in [9.17, 15) is 4.79 Å². The van der Waals surface area contributed by atoms with Crippen LogP contribution < -0.4 is 5.32 Å². The molecule has 0 saturated carbocycles. The molecule has 0 bridgehead atoms. The third kappa shape index (κ3) is 4.05. The molecule has 4 nitrogen and oxygen atoms in total. The van der Waals surface area contributed by atoms with Crippen LogP contribution in [-0.4, -0.2) is 15.7 Å². The Hall–Kier alpha value is -2.40. The number of benzene rings is 2. The van der Waals surface area contributed by atoms with Gasteiger partial charge in [-0.3, -0.25) is 9.48 Å². The number of anilines is 1. The van der Waals surface area contributed by atoms with Gasteiger partial charge in [-0.05, 0) is 53.0 Å². The number of carbonyl (C=O) groups is 1. The van der Waals surface area contributed by atoms with E-state index in [1.165, 1.54) is 0 Å². The third-order valence-electron chi connectivity index (χ3n) is 4.45. The van der Waals surface area contributed by atoms with Gasteiger partial charge in [-0.1, -0.05) is 49.4 Å². The average molecular weight is 412 g/mol. The Labute approximate surface area is 162 Å². The summed E-state index contributed by atoms with van der Waals surface area (Å²) >= 11 is 3.52. The van der Waals surface area contributed by atoms with E-state index in [4.69, 9.17) is 0 Å². The second-order valence-electron chi connectivity index (χ2n) is 6.50. The highest BCUT2D eigenvalue weighted by Gasteiger charge is 2.17. The molecule has 0 spiro atoms. The molecule has 3 rings (SSSR count). The minimum Gasteiger partial charge on any atom is -0.326 e. The smallest absolute Gasteiger partial charge is 0.229 e. The summed E-state index contributed by atoms with van der Waals surface area (Å²) < 4.78 is 2.88. The zero-order valence-electron chi connectivity index (χ0n) is 15.2. The van der Waals surface area contributed by atoms with Crippen molar-refractivity contribution in [1.82, 2.24) is 9.78 Å². The maximum atomic E-state index is 12.5. The molecule has 1 aromatic heterocycles. The molecule has 0 saturated heterocycles. The summed E-state index contributed by atoms with van der Waals surface area (Å²) in [4.78, 5) is 12.5. The lowest BCUT2D eigenvalue weighted by Gasteiger charge is -2.14. The van der Waals surface area contributed by atoms with Crippen molar-refractivity contribution in [3.8, 4) is 11.1 Å². The Morgan fingerprint density at radius 1 is 1.08 bits per heavy atom. The van der Waals surface area contributed by atoms with Gasteiger partial charge in [-0.15, -0.1) is 0 Å². The Kier molecular flexibility index (Phi) is 5.57. The first-order valence-corrected chi connectivity index (χ1v) is 9.41. The number of carbonyl (C=O) groups excluding carboxylic acids is 1. The number of hydrogen-bond donors (Lipinski definition) is 1. The van der Waals surface area contributed by atoms with Crippen molar-refractivity contribution in [1.29, 1.82) is 0 Å². The molecule has 0 aliphatic rings. The molecule has 134 valence electrons. The molecule has 0 radical (unpaired) electrons. The lowest BCUT2D eigenvalue weighted by Crippen LogP contribution is -2.25. The van der Waals surface area contributed by atoms with Crippen molar-refractivity contribution < 1.29 is 4.79 Å². The van der Waals surface area contributed by atoms with Crippen molar-refractivity contribution in [2.24, 2.45) is 5.92 Å². The summed E-state index contributed by atoms with van der Waals surface area (Å²) in [6.45, 7) is 6.41. The zero-order valence-corrected chi connectivity index (χ0v) is 16.7. The molecule has 3 aromatic rings. The number of halogens is 1. The van der Waals surface area contributed by atoms with Crippen LogP contribution in [0.15, 0.2) is 59.1 Å². The molecule has 26 heavy (non-hydrogen) atoms. The molecular formula is C21H22BrN3O. The van der Waals surface area contributed by atoms with Crippen molar-refractivity contribution in [2.45, 2.75) is 27.3 Å². The van der Waals surface area contributed by atoms with Crippen molar-refractivity contribution in [3.63, 3.8) is 0 Å². The van der Waals surface area contributed by atoms with Crippen LogP contribution >= 0.6 is 15.9 Å². The number of amides is 1. The average Bonchev–Trinajstić information content (AvgIpc) is 2.90. The van der Waals surface area contributed by atoms with Gasteiger partial charge in [0.15, 0.2) is 0 Å². The van der Waals surface area contributed by atoms with Crippen LogP contribution in [0, 0.1) is 19.8 Å². The predicted molar refractivity (Wildman–Crippen MR) is 109 cm³/mol. The van der Waals surface area contributed by atoms with E-state index in [1.807, 2.05) is 67.9 Å². The number of nitrogens with zero attached hydrogens (tertiary/aromatic N) is 2. The second-order valence-corrected chi connectivity index (χ2v) is 7.29. The monoisotopic (exact) mass is 411 g/mol. The molecule has 1 heterocycles. The van der Waals surface area contributed by atoms with E-state index in [1.54, 1.807) is 0 Å². The fraction of sp³-hybridized carbons (Fsp3) is 0.238. The van der Waals surface area contributed by atoms with E-state index in [0.717, 1.165) is 32.7 Å². The summed E-state index contributed by atoms with van der Waals surface area (Å²) in [6, 6.07) is 18.1. The first-order chi connectivity index (χ1) is 12.5. The van der Waals surface area contributed by atoms with Crippen LogP contribution in [0.5, 0.6) is 0 Å². The highest BCUT2D eigenvalue weighted by Crippen LogP contribution is 2.22. The maximum absolute atomic E-state index is 12.5. The van der Waals surface area contributed by atoms with Crippen LogP contribution in [0.2, 0.25) is 0 Å². The molecule has 1 amide bonds. The Morgan fingerprint density at radius 2 is 1.69 bits per heavy atom. The van der Waals surface area contributed by atoms with Crippen LogP contribution in [0.1, 0.15) is 18.3 Å². The topological polar surface area (TPSA) is 46.9 Å². The fourth-order valence-corrected chi connectivity index (χ4v) is 3.12. The minimum absolute atomic E-state index is 0.0128. The van der Waals surface area contributed by atoms with Gasteiger partial charge in [0.2, 0.25) is 5.91 Å². The Bertz CT molecular complexity index is 901. The second kappa shape index (κ2) is 7.87. The SMILES string of the molecule is Cc1nn(CC(C)C(=O)Nc2ccc(-c3ccccc3)cc2)c(C)c1Br. The van der Waals surface area contributed by atoms with Gasteiger partial charge in [0.1, 0.15) is 0 Å². The van der Waals surface area contributed by atoms with Gasteiger partial charge in [-0.2, -0.15) is 5.10 Å². The molecular weight excluding hydrogens is 390 g/mol. The van der Waals surface area contributed by atoms with E-state index in [0.29, 0.717) is 6.54 Å². The standard InChI is InChI=1S/C21H22BrN3O/c1-14(13-25-16(3)20(22)15(2)24-25)21(26)23-19-11-9-18(10-12-19)17-7-5-4-6-8-17/h4-12,14H,13H2,1-3H3,(H,23,26). The summed E-state index contributed by atoms with van der Waals surface area (Å²) in [5, 5.41) is 7.46.